The molecule has 2 aromatic rings. The number of sulfonamides is 1. The van der Waals surface area contributed by atoms with E-state index in [1.165, 1.54) is 25.7 Å². The van der Waals surface area contributed by atoms with Crippen LogP contribution in [0.15, 0.2) is 41.7 Å². The normalized spacial score (nSPS) is 14.1. The number of aromatic nitrogens is 2. The number of ether oxygens (including phenoxy) is 1. The number of hydrogen-bond donors (Lipinski definition) is 1. The molecule has 0 spiro atoms. The second kappa shape index (κ2) is 7.90. The fraction of sp³-hybridized carbons (Fsp3) is 0.353. The van der Waals surface area contributed by atoms with Gasteiger partial charge in [-0.05, 0) is 23.6 Å². The number of rotatable bonds is 6. The van der Waals surface area contributed by atoms with Gasteiger partial charge in [-0.3, -0.25) is 9.78 Å². The van der Waals surface area contributed by atoms with Crippen LogP contribution in [-0.4, -0.2) is 56.0 Å². The molecule has 9 heteroatoms. The molecule has 1 amide bonds. The molecule has 8 nitrogen and oxygen atoms in total. The highest BCUT2D eigenvalue weighted by Gasteiger charge is 2.28. The number of nitrogens with one attached hydrogen (secondary N) is 1. The lowest BCUT2D eigenvalue weighted by atomic mass is 9.99. The molecule has 1 aromatic heterocycles. The Morgan fingerprint density at radius 3 is 2.92 bits per heavy atom. The number of nitrogens with zero attached hydrogens (tertiary/aromatic N) is 3. The van der Waals surface area contributed by atoms with E-state index >= 15 is 0 Å². The van der Waals surface area contributed by atoms with E-state index in [-0.39, 0.29) is 36.2 Å². The quantitative estimate of drug-likeness (QED) is 0.741. The van der Waals surface area contributed by atoms with Crippen LogP contribution in [0.1, 0.15) is 21.6 Å². The lowest BCUT2D eigenvalue weighted by Crippen LogP contribution is -2.38. The van der Waals surface area contributed by atoms with E-state index in [1.807, 2.05) is 6.07 Å². The molecule has 0 fully saturated rings. The molecule has 0 unspecified atom stereocenters. The predicted octanol–water partition coefficient (Wildman–Crippen LogP) is 0.600. The van der Waals surface area contributed by atoms with Crippen LogP contribution < -0.4 is 4.72 Å². The average Bonchev–Trinajstić information content (AvgIpc) is 2.67. The zero-order valence-electron chi connectivity index (χ0n) is 14.4. The maximum absolute atomic E-state index is 12.6. The molecule has 1 aliphatic heterocycles. The molecule has 3 rings (SSSR count). The summed E-state index contributed by atoms with van der Waals surface area (Å²) in [4.78, 5) is 22.4. The summed E-state index contributed by atoms with van der Waals surface area (Å²) in [5.41, 5.74) is 1.82. The van der Waals surface area contributed by atoms with Crippen molar-refractivity contribution in [2.75, 3.05) is 26.8 Å². The first-order valence-electron chi connectivity index (χ1n) is 8.17. The summed E-state index contributed by atoms with van der Waals surface area (Å²) in [5, 5.41) is 0. The first-order valence-corrected chi connectivity index (χ1v) is 9.66. The summed E-state index contributed by atoms with van der Waals surface area (Å²) in [5.74, 6) is -0.261. The van der Waals surface area contributed by atoms with Gasteiger partial charge in [0, 0.05) is 39.1 Å². The first-order chi connectivity index (χ1) is 12.5. The molecule has 0 saturated carbocycles. The summed E-state index contributed by atoms with van der Waals surface area (Å²) < 4.78 is 32.7. The van der Waals surface area contributed by atoms with Gasteiger partial charge in [0.25, 0.3) is 5.91 Å². The summed E-state index contributed by atoms with van der Waals surface area (Å²) in [6.07, 6.45) is 4.95. The van der Waals surface area contributed by atoms with Gasteiger partial charge < -0.3 is 9.64 Å². The molecule has 0 saturated heterocycles. The number of hydrogen-bond acceptors (Lipinski definition) is 6. The Kier molecular flexibility index (Phi) is 5.60. The SMILES string of the molecule is COCCNS(=O)(=O)c1cccc2c1CN(C(=O)c1cnccn1)CC2. The van der Waals surface area contributed by atoms with Crippen LogP contribution in [0.25, 0.3) is 0 Å². The van der Waals surface area contributed by atoms with E-state index in [1.54, 1.807) is 17.0 Å². The number of fused-ring (bicyclic) bond motifs is 1. The predicted molar refractivity (Wildman–Crippen MR) is 94.0 cm³/mol. The van der Waals surface area contributed by atoms with Crippen molar-refractivity contribution in [3.63, 3.8) is 0 Å². The van der Waals surface area contributed by atoms with Gasteiger partial charge in [-0.2, -0.15) is 0 Å². The van der Waals surface area contributed by atoms with Crippen molar-refractivity contribution in [2.24, 2.45) is 0 Å². The maximum atomic E-state index is 12.6. The third-order valence-corrected chi connectivity index (χ3v) is 5.73. The third kappa shape index (κ3) is 3.90. The molecule has 1 aromatic carbocycles. The van der Waals surface area contributed by atoms with Gasteiger partial charge in [0.1, 0.15) is 5.69 Å². The van der Waals surface area contributed by atoms with Crippen molar-refractivity contribution < 1.29 is 17.9 Å². The van der Waals surface area contributed by atoms with Gasteiger partial charge in [-0.15, -0.1) is 0 Å². The largest absolute Gasteiger partial charge is 0.383 e. The van der Waals surface area contributed by atoms with Crippen LogP contribution in [0.5, 0.6) is 0 Å². The Balaban J connectivity index is 1.87. The third-order valence-electron chi connectivity index (χ3n) is 4.19. The molecule has 26 heavy (non-hydrogen) atoms. The smallest absolute Gasteiger partial charge is 0.274 e. The number of amides is 1. The first kappa shape index (κ1) is 18.4. The molecular weight excluding hydrogens is 356 g/mol. The number of benzene rings is 1. The molecule has 138 valence electrons. The Morgan fingerprint density at radius 2 is 2.19 bits per heavy atom. The zero-order chi connectivity index (χ0) is 18.6. The van der Waals surface area contributed by atoms with Crippen molar-refractivity contribution in [3.05, 3.63) is 53.6 Å². The van der Waals surface area contributed by atoms with Crippen LogP contribution in [0.2, 0.25) is 0 Å². The Hall–Kier alpha value is -2.36. The summed E-state index contributed by atoms with van der Waals surface area (Å²) in [6, 6.07) is 5.18. The van der Waals surface area contributed by atoms with Crippen molar-refractivity contribution in [3.8, 4) is 0 Å². The molecular formula is C17H20N4O4S. The van der Waals surface area contributed by atoms with Crippen molar-refractivity contribution in [2.45, 2.75) is 17.9 Å². The van der Waals surface area contributed by atoms with Crippen LogP contribution in [-0.2, 0) is 27.7 Å². The fourth-order valence-electron chi connectivity index (χ4n) is 2.90. The fourth-order valence-corrected chi connectivity index (χ4v) is 4.19. The Labute approximate surface area is 152 Å². The summed E-state index contributed by atoms with van der Waals surface area (Å²) in [6.45, 7) is 1.19. The van der Waals surface area contributed by atoms with E-state index < -0.39 is 10.0 Å². The monoisotopic (exact) mass is 376 g/mol. The minimum Gasteiger partial charge on any atom is -0.383 e. The molecule has 1 aliphatic rings. The van der Waals surface area contributed by atoms with Crippen molar-refractivity contribution >= 4 is 15.9 Å². The second-order valence-electron chi connectivity index (χ2n) is 5.85. The molecule has 0 aliphatic carbocycles. The van der Waals surface area contributed by atoms with Crippen LogP contribution in [0, 0.1) is 0 Å². The number of methoxy groups -OCH3 is 1. The lowest BCUT2D eigenvalue weighted by Gasteiger charge is -2.30. The van der Waals surface area contributed by atoms with E-state index in [2.05, 4.69) is 14.7 Å². The topological polar surface area (TPSA) is 101 Å². The van der Waals surface area contributed by atoms with E-state index in [0.717, 1.165) is 5.56 Å². The highest BCUT2D eigenvalue weighted by atomic mass is 32.2. The van der Waals surface area contributed by atoms with E-state index in [9.17, 15) is 13.2 Å². The van der Waals surface area contributed by atoms with Crippen LogP contribution in [0.3, 0.4) is 0 Å². The maximum Gasteiger partial charge on any atom is 0.274 e. The van der Waals surface area contributed by atoms with Gasteiger partial charge in [0.2, 0.25) is 10.0 Å². The minimum atomic E-state index is -3.68. The van der Waals surface area contributed by atoms with E-state index in [0.29, 0.717) is 18.5 Å². The molecule has 0 atom stereocenters. The van der Waals surface area contributed by atoms with Gasteiger partial charge in [0.15, 0.2) is 0 Å². The molecule has 0 radical (unpaired) electrons. The summed E-state index contributed by atoms with van der Waals surface area (Å²) in [7, 11) is -2.18. The van der Waals surface area contributed by atoms with Crippen molar-refractivity contribution in [1.29, 1.82) is 0 Å². The highest BCUT2D eigenvalue weighted by Crippen LogP contribution is 2.26. The van der Waals surface area contributed by atoms with Gasteiger partial charge >= 0.3 is 0 Å². The Morgan fingerprint density at radius 1 is 1.35 bits per heavy atom. The Bertz CT molecular complexity index is 887. The standard InChI is InChI=1S/C17H20N4O4S/c1-25-10-8-20-26(23,24)16-4-2-3-13-5-9-21(12-14(13)16)17(22)15-11-18-6-7-19-15/h2-4,6-7,11,20H,5,8-10,12H2,1H3. The van der Waals surface area contributed by atoms with Crippen molar-refractivity contribution in [1.82, 2.24) is 19.6 Å². The molecule has 0 bridgehead atoms. The average molecular weight is 376 g/mol. The summed E-state index contributed by atoms with van der Waals surface area (Å²) >= 11 is 0. The highest BCUT2D eigenvalue weighted by molar-refractivity contribution is 7.89. The zero-order valence-corrected chi connectivity index (χ0v) is 15.2. The van der Waals surface area contributed by atoms with E-state index in [4.69, 9.17) is 4.74 Å². The minimum absolute atomic E-state index is 0.185. The number of carbonyl (C=O) groups excluding carboxylic acids is 1. The molecule has 1 N–H and O–H groups in total. The van der Waals surface area contributed by atoms with Gasteiger partial charge in [-0.1, -0.05) is 12.1 Å². The van der Waals surface area contributed by atoms with Crippen LogP contribution in [0.4, 0.5) is 0 Å². The van der Waals surface area contributed by atoms with Crippen LogP contribution >= 0.6 is 0 Å². The van der Waals surface area contributed by atoms with Gasteiger partial charge in [-0.25, -0.2) is 18.1 Å². The van der Waals surface area contributed by atoms with Gasteiger partial charge in [0.05, 0.1) is 17.7 Å². The molecule has 2 heterocycles. The number of carbonyl (C=O) groups is 1. The lowest BCUT2D eigenvalue weighted by molar-refractivity contribution is 0.0726. The second-order valence-corrected chi connectivity index (χ2v) is 7.59.